The average Bonchev–Trinajstić information content (AvgIpc) is 3.53. The summed E-state index contributed by atoms with van der Waals surface area (Å²) in [4.78, 5) is 24.6. The number of ether oxygens (including phenoxy) is 1. The van der Waals surface area contributed by atoms with Gasteiger partial charge in [-0.2, -0.15) is 0 Å². The monoisotopic (exact) mass is 1200 g/mol. The maximum atomic E-state index is 12.6. The number of esters is 1. The van der Waals surface area contributed by atoms with Crippen LogP contribution in [0.1, 0.15) is 470 Å². The van der Waals surface area contributed by atoms with E-state index in [-0.39, 0.29) is 18.5 Å². The van der Waals surface area contributed by atoms with Crippen LogP contribution in [0.25, 0.3) is 0 Å². The Balaban J connectivity index is 3.30. The van der Waals surface area contributed by atoms with E-state index in [9.17, 15) is 19.8 Å². The van der Waals surface area contributed by atoms with Crippen LogP contribution in [0.2, 0.25) is 0 Å². The van der Waals surface area contributed by atoms with Crippen LogP contribution < -0.4 is 5.32 Å². The summed E-state index contributed by atoms with van der Waals surface area (Å²) in [7, 11) is 0. The standard InChI is InChI=1S/C79H157NO5/c1-3-5-7-9-11-13-15-17-18-19-20-36-39-42-45-48-51-55-59-63-67-71-77(82)76(75-81)80-78(83)72-68-64-60-56-52-49-46-43-40-37-34-32-30-28-26-24-22-21-23-25-27-29-31-33-35-38-41-44-47-50-54-58-62-66-70-74-85-79(84)73-69-65-61-57-53-16-14-12-10-8-6-4-2/h76-77,81-82H,3-75H2,1-2H3,(H,80,83). The van der Waals surface area contributed by atoms with Crippen molar-refractivity contribution >= 4 is 11.9 Å². The highest BCUT2D eigenvalue weighted by molar-refractivity contribution is 5.76. The highest BCUT2D eigenvalue weighted by atomic mass is 16.5. The highest BCUT2D eigenvalue weighted by Crippen LogP contribution is 2.21. The predicted molar refractivity (Wildman–Crippen MR) is 375 cm³/mol. The quantitative estimate of drug-likeness (QED) is 0.0417. The fraction of sp³-hybridized carbons (Fsp3) is 0.975. The van der Waals surface area contributed by atoms with Crippen LogP contribution in [0.3, 0.4) is 0 Å². The van der Waals surface area contributed by atoms with Gasteiger partial charge in [0, 0.05) is 12.8 Å². The summed E-state index contributed by atoms with van der Waals surface area (Å²) in [5.41, 5.74) is 0. The van der Waals surface area contributed by atoms with Gasteiger partial charge in [0.2, 0.25) is 5.91 Å². The molecule has 3 N–H and O–H groups in total. The van der Waals surface area contributed by atoms with Crippen molar-refractivity contribution in [2.45, 2.75) is 482 Å². The number of hydrogen-bond acceptors (Lipinski definition) is 5. The molecule has 0 aromatic heterocycles. The molecule has 6 nitrogen and oxygen atoms in total. The second-order valence-corrected chi connectivity index (χ2v) is 27.8. The zero-order valence-electron chi connectivity index (χ0n) is 58.4. The van der Waals surface area contributed by atoms with E-state index < -0.39 is 12.1 Å². The first kappa shape index (κ1) is 83.9. The molecular weight excluding hydrogens is 1040 g/mol. The van der Waals surface area contributed by atoms with E-state index in [1.165, 1.54) is 398 Å². The van der Waals surface area contributed by atoms with Gasteiger partial charge in [0.15, 0.2) is 0 Å². The summed E-state index contributed by atoms with van der Waals surface area (Å²) in [5, 5.41) is 23.5. The maximum absolute atomic E-state index is 12.6. The Bertz CT molecular complexity index is 1240. The SMILES string of the molecule is CCCCCCCCCCCCCCCCCCCCCCCC(O)C(CO)NC(=O)CCCCCCCCCCCCCCCCCCCCCCCCCCCCCCCCCCCCCOC(=O)CCCCCCCCCCCCCC. The summed E-state index contributed by atoms with van der Waals surface area (Å²) >= 11 is 0. The molecule has 0 radical (unpaired) electrons. The zero-order chi connectivity index (χ0) is 61.3. The lowest BCUT2D eigenvalue weighted by Crippen LogP contribution is -2.45. The molecule has 2 unspecified atom stereocenters. The van der Waals surface area contributed by atoms with Crippen molar-refractivity contribution in [1.29, 1.82) is 0 Å². The second kappa shape index (κ2) is 75.3. The first-order valence-corrected chi connectivity index (χ1v) is 39.8. The molecule has 0 aliphatic heterocycles. The van der Waals surface area contributed by atoms with Crippen molar-refractivity contribution in [2.24, 2.45) is 0 Å². The van der Waals surface area contributed by atoms with Gasteiger partial charge in [-0.05, 0) is 25.7 Å². The molecule has 0 saturated heterocycles. The van der Waals surface area contributed by atoms with E-state index in [1.807, 2.05) is 0 Å². The number of aliphatic hydroxyl groups excluding tert-OH is 2. The third kappa shape index (κ3) is 71.8. The van der Waals surface area contributed by atoms with E-state index in [1.54, 1.807) is 0 Å². The Hall–Kier alpha value is -1.14. The Morgan fingerprint density at radius 3 is 0.718 bits per heavy atom. The summed E-state index contributed by atoms with van der Waals surface area (Å²) < 4.78 is 5.49. The van der Waals surface area contributed by atoms with Crippen LogP contribution in [0.4, 0.5) is 0 Å². The van der Waals surface area contributed by atoms with Gasteiger partial charge in [0.1, 0.15) is 0 Å². The summed E-state index contributed by atoms with van der Waals surface area (Å²) in [6.07, 6.45) is 93.5. The first-order valence-electron chi connectivity index (χ1n) is 39.8. The van der Waals surface area contributed by atoms with Crippen molar-refractivity contribution in [3.8, 4) is 0 Å². The molecule has 85 heavy (non-hydrogen) atoms. The third-order valence-corrected chi connectivity index (χ3v) is 19.2. The number of rotatable bonds is 76. The van der Waals surface area contributed by atoms with Gasteiger partial charge in [-0.1, -0.05) is 431 Å². The molecule has 0 heterocycles. The van der Waals surface area contributed by atoms with Gasteiger partial charge in [-0.15, -0.1) is 0 Å². The van der Waals surface area contributed by atoms with E-state index >= 15 is 0 Å². The van der Waals surface area contributed by atoms with Crippen molar-refractivity contribution in [2.75, 3.05) is 13.2 Å². The Morgan fingerprint density at radius 2 is 0.482 bits per heavy atom. The molecular formula is C79H157NO5. The molecule has 0 aromatic carbocycles. The number of hydrogen-bond donors (Lipinski definition) is 3. The smallest absolute Gasteiger partial charge is 0.305 e. The minimum absolute atomic E-state index is 0.0236. The van der Waals surface area contributed by atoms with E-state index in [2.05, 4.69) is 19.2 Å². The number of unbranched alkanes of at least 4 members (excludes halogenated alkanes) is 65. The molecule has 1 amide bonds. The van der Waals surface area contributed by atoms with Gasteiger partial charge in [0.25, 0.3) is 0 Å². The van der Waals surface area contributed by atoms with E-state index in [4.69, 9.17) is 4.74 Å². The van der Waals surface area contributed by atoms with Crippen molar-refractivity contribution in [1.82, 2.24) is 5.32 Å². The average molecular weight is 1200 g/mol. The lowest BCUT2D eigenvalue weighted by atomic mass is 10.0. The van der Waals surface area contributed by atoms with Crippen LogP contribution in [0.5, 0.6) is 0 Å². The van der Waals surface area contributed by atoms with Crippen molar-refractivity contribution < 1.29 is 24.5 Å². The lowest BCUT2D eigenvalue weighted by Gasteiger charge is -2.22. The predicted octanol–water partition coefficient (Wildman–Crippen LogP) is 26.1. The van der Waals surface area contributed by atoms with Gasteiger partial charge < -0.3 is 20.3 Å². The van der Waals surface area contributed by atoms with Gasteiger partial charge in [-0.25, -0.2) is 0 Å². The third-order valence-electron chi connectivity index (χ3n) is 19.2. The van der Waals surface area contributed by atoms with Gasteiger partial charge in [-0.3, -0.25) is 9.59 Å². The number of nitrogens with one attached hydrogen (secondary N) is 1. The molecule has 0 fully saturated rings. The number of amides is 1. The minimum Gasteiger partial charge on any atom is -0.466 e. The van der Waals surface area contributed by atoms with Crippen LogP contribution in [-0.4, -0.2) is 47.4 Å². The van der Waals surface area contributed by atoms with Crippen LogP contribution in [0.15, 0.2) is 0 Å². The van der Waals surface area contributed by atoms with Crippen LogP contribution >= 0.6 is 0 Å². The summed E-state index contributed by atoms with van der Waals surface area (Å²) in [6.45, 7) is 5.01. The molecule has 0 aliphatic rings. The highest BCUT2D eigenvalue weighted by Gasteiger charge is 2.20. The molecule has 0 aliphatic carbocycles. The Morgan fingerprint density at radius 1 is 0.282 bits per heavy atom. The van der Waals surface area contributed by atoms with Crippen LogP contribution in [-0.2, 0) is 14.3 Å². The van der Waals surface area contributed by atoms with Crippen molar-refractivity contribution in [3.05, 3.63) is 0 Å². The fourth-order valence-corrected chi connectivity index (χ4v) is 13.1. The zero-order valence-corrected chi connectivity index (χ0v) is 58.4. The normalized spacial score (nSPS) is 12.4. The summed E-state index contributed by atoms with van der Waals surface area (Å²) in [5.74, 6) is 0.00108. The Labute approximate surface area is 534 Å². The molecule has 0 bridgehead atoms. The van der Waals surface area contributed by atoms with Gasteiger partial charge >= 0.3 is 5.97 Å². The molecule has 0 rings (SSSR count). The molecule has 0 aromatic rings. The van der Waals surface area contributed by atoms with Crippen molar-refractivity contribution in [3.63, 3.8) is 0 Å². The second-order valence-electron chi connectivity index (χ2n) is 27.8. The Kier molecular flexibility index (Phi) is 74.3. The lowest BCUT2D eigenvalue weighted by molar-refractivity contribution is -0.143. The van der Waals surface area contributed by atoms with Gasteiger partial charge in [0.05, 0.1) is 25.4 Å². The molecule has 0 spiro atoms. The molecule has 6 heteroatoms. The largest absolute Gasteiger partial charge is 0.466 e. The summed E-state index contributed by atoms with van der Waals surface area (Å²) in [6, 6.07) is -0.537. The van der Waals surface area contributed by atoms with Crippen LogP contribution in [0, 0.1) is 0 Å². The molecule has 2 atom stereocenters. The maximum Gasteiger partial charge on any atom is 0.305 e. The number of carbonyl (C=O) groups excluding carboxylic acids is 2. The fourth-order valence-electron chi connectivity index (χ4n) is 13.1. The minimum atomic E-state index is -0.660. The number of carbonyl (C=O) groups is 2. The molecule has 0 saturated carbocycles. The number of aliphatic hydroxyl groups is 2. The first-order chi connectivity index (χ1) is 42.0. The topological polar surface area (TPSA) is 95.9 Å². The van der Waals surface area contributed by atoms with E-state index in [0.717, 1.165) is 38.5 Å². The molecule has 508 valence electrons. The van der Waals surface area contributed by atoms with E-state index in [0.29, 0.717) is 25.9 Å².